The van der Waals surface area contributed by atoms with Gasteiger partial charge in [-0.05, 0) is 24.6 Å². The third kappa shape index (κ3) is 2.25. The van der Waals surface area contributed by atoms with E-state index in [1.54, 1.807) is 19.1 Å². The van der Waals surface area contributed by atoms with Crippen molar-refractivity contribution in [3.63, 3.8) is 0 Å². The minimum atomic E-state index is -0.856. The molecule has 0 fully saturated rings. The standard InChI is InChI=1S/C12H17N3O3/c1-12(5-16,6-17)15-10-4-9-7(2-8(10)13)3-11(18)14-9/h2,4,15-17H,3,5-6,13H2,1H3,(H,14,18). The number of aliphatic hydroxyl groups excluding tert-OH is 2. The lowest BCUT2D eigenvalue weighted by molar-refractivity contribution is -0.115. The molecule has 6 nitrogen and oxygen atoms in total. The van der Waals surface area contributed by atoms with Gasteiger partial charge in [0.1, 0.15) is 0 Å². The van der Waals surface area contributed by atoms with E-state index in [-0.39, 0.29) is 19.1 Å². The van der Waals surface area contributed by atoms with Crippen molar-refractivity contribution in [2.24, 2.45) is 0 Å². The van der Waals surface area contributed by atoms with Crippen molar-refractivity contribution in [1.82, 2.24) is 0 Å². The van der Waals surface area contributed by atoms with Gasteiger partial charge >= 0.3 is 0 Å². The van der Waals surface area contributed by atoms with Crippen LogP contribution in [-0.4, -0.2) is 34.9 Å². The van der Waals surface area contributed by atoms with Gasteiger partial charge in [-0.2, -0.15) is 0 Å². The molecule has 0 saturated carbocycles. The van der Waals surface area contributed by atoms with Gasteiger partial charge in [-0.15, -0.1) is 0 Å². The van der Waals surface area contributed by atoms with Crippen LogP contribution in [0.1, 0.15) is 12.5 Å². The first kappa shape index (κ1) is 12.7. The van der Waals surface area contributed by atoms with E-state index < -0.39 is 5.54 Å². The summed E-state index contributed by atoms with van der Waals surface area (Å²) in [6.45, 7) is 1.22. The largest absolute Gasteiger partial charge is 0.397 e. The minimum absolute atomic E-state index is 0.0615. The van der Waals surface area contributed by atoms with Crippen molar-refractivity contribution in [3.8, 4) is 0 Å². The van der Waals surface area contributed by atoms with Crippen molar-refractivity contribution in [2.75, 3.05) is 29.6 Å². The van der Waals surface area contributed by atoms with Gasteiger partial charge in [0.05, 0.1) is 36.5 Å². The summed E-state index contributed by atoms with van der Waals surface area (Å²) in [5.74, 6) is -0.0615. The van der Waals surface area contributed by atoms with Gasteiger partial charge in [-0.25, -0.2) is 0 Å². The number of aliphatic hydroxyl groups is 2. The van der Waals surface area contributed by atoms with Crippen LogP contribution in [0, 0.1) is 0 Å². The fourth-order valence-corrected chi connectivity index (χ4v) is 1.86. The summed E-state index contributed by atoms with van der Waals surface area (Å²) in [7, 11) is 0. The highest BCUT2D eigenvalue weighted by molar-refractivity contribution is 6.00. The molecule has 1 aromatic rings. The van der Waals surface area contributed by atoms with Gasteiger partial charge in [0.2, 0.25) is 5.91 Å². The van der Waals surface area contributed by atoms with Crippen molar-refractivity contribution in [2.45, 2.75) is 18.9 Å². The van der Waals surface area contributed by atoms with Crippen LogP contribution < -0.4 is 16.4 Å². The second kappa shape index (κ2) is 4.47. The Morgan fingerprint density at radius 3 is 2.72 bits per heavy atom. The molecule has 0 radical (unpaired) electrons. The third-order valence-electron chi connectivity index (χ3n) is 3.03. The van der Waals surface area contributed by atoms with Gasteiger partial charge in [-0.1, -0.05) is 0 Å². The number of nitrogens with one attached hydrogen (secondary N) is 2. The van der Waals surface area contributed by atoms with Crippen molar-refractivity contribution < 1.29 is 15.0 Å². The topological polar surface area (TPSA) is 108 Å². The highest BCUT2D eigenvalue weighted by Gasteiger charge is 2.25. The number of anilines is 3. The number of rotatable bonds is 4. The fraction of sp³-hybridized carbons (Fsp3) is 0.417. The lowest BCUT2D eigenvalue weighted by Gasteiger charge is -2.28. The van der Waals surface area contributed by atoms with E-state index >= 15 is 0 Å². The Morgan fingerprint density at radius 1 is 1.44 bits per heavy atom. The first-order valence-electron chi connectivity index (χ1n) is 5.69. The Labute approximate surface area is 105 Å². The Bertz CT molecular complexity index is 484. The number of carbonyl (C=O) groups is 1. The number of nitrogen functional groups attached to an aromatic ring is 1. The summed E-state index contributed by atoms with van der Waals surface area (Å²) in [4.78, 5) is 11.3. The summed E-state index contributed by atoms with van der Waals surface area (Å²) in [6, 6.07) is 3.45. The zero-order valence-corrected chi connectivity index (χ0v) is 10.2. The highest BCUT2D eigenvalue weighted by Crippen LogP contribution is 2.32. The lowest BCUT2D eigenvalue weighted by Crippen LogP contribution is -2.42. The maximum Gasteiger partial charge on any atom is 0.228 e. The van der Waals surface area contributed by atoms with E-state index in [0.29, 0.717) is 17.8 Å². The fourth-order valence-electron chi connectivity index (χ4n) is 1.86. The number of hydrogen-bond acceptors (Lipinski definition) is 5. The molecule has 6 N–H and O–H groups in total. The van der Waals surface area contributed by atoms with Gasteiger partial charge in [0.15, 0.2) is 0 Å². The number of benzene rings is 1. The molecule has 1 aromatic carbocycles. The molecule has 1 heterocycles. The molecule has 0 aromatic heterocycles. The van der Waals surface area contributed by atoms with Crippen molar-refractivity contribution in [3.05, 3.63) is 17.7 Å². The van der Waals surface area contributed by atoms with E-state index in [0.717, 1.165) is 11.3 Å². The smallest absolute Gasteiger partial charge is 0.228 e. The summed E-state index contributed by atoms with van der Waals surface area (Å²) in [5, 5.41) is 24.2. The minimum Gasteiger partial charge on any atom is -0.397 e. The number of nitrogens with two attached hydrogens (primary N) is 1. The second-order valence-corrected chi connectivity index (χ2v) is 4.82. The van der Waals surface area contributed by atoms with Gasteiger partial charge in [-0.3, -0.25) is 4.79 Å². The van der Waals surface area contributed by atoms with Gasteiger partial charge in [0.25, 0.3) is 0 Å². The van der Waals surface area contributed by atoms with E-state index in [4.69, 9.17) is 5.73 Å². The van der Waals surface area contributed by atoms with Crippen LogP contribution in [0.3, 0.4) is 0 Å². The van der Waals surface area contributed by atoms with Crippen LogP contribution in [-0.2, 0) is 11.2 Å². The quantitative estimate of drug-likeness (QED) is 0.481. The molecule has 0 unspecified atom stereocenters. The van der Waals surface area contributed by atoms with Crippen LogP contribution in [0.5, 0.6) is 0 Å². The summed E-state index contributed by atoms with van der Waals surface area (Å²) >= 11 is 0. The van der Waals surface area contributed by atoms with E-state index in [1.807, 2.05) is 0 Å². The van der Waals surface area contributed by atoms with Crippen LogP contribution in [0.15, 0.2) is 12.1 Å². The van der Waals surface area contributed by atoms with E-state index in [1.165, 1.54) is 0 Å². The molecule has 0 spiro atoms. The first-order valence-corrected chi connectivity index (χ1v) is 5.69. The Balaban J connectivity index is 2.30. The van der Waals surface area contributed by atoms with Crippen LogP contribution in [0.2, 0.25) is 0 Å². The average molecular weight is 251 g/mol. The van der Waals surface area contributed by atoms with Gasteiger partial charge < -0.3 is 26.6 Å². The molecule has 0 bridgehead atoms. The number of amides is 1. The maximum absolute atomic E-state index is 11.3. The molecule has 0 aliphatic carbocycles. The first-order chi connectivity index (χ1) is 8.47. The van der Waals surface area contributed by atoms with Gasteiger partial charge in [0, 0.05) is 5.69 Å². The summed E-state index contributed by atoms with van der Waals surface area (Å²) in [6.07, 6.45) is 0.330. The highest BCUT2D eigenvalue weighted by atomic mass is 16.3. The van der Waals surface area contributed by atoms with Crippen LogP contribution in [0.25, 0.3) is 0 Å². The van der Waals surface area contributed by atoms with E-state index in [2.05, 4.69) is 10.6 Å². The third-order valence-corrected chi connectivity index (χ3v) is 3.03. The molecule has 6 heteroatoms. The molecule has 0 saturated heterocycles. The summed E-state index contributed by atoms with van der Waals surface area (Å²) in [5.41, 5.74) is 7.68. The normalized spacial score (nSPS) is 14.3. The number of hydrogen-bond donors (Lipinski definition) is 5. The SMILES string of the molecule is CC(CO)(CO)Nc1cc2c(cc1N)CC(=O)N2. The molecular formula is C12H17N3O3. The number of carbonyl (C=O) groups excluding carboxylic acids is 1. The predicted octanol–water partition coefficient (Wildman–Crippen LogP) is -0.0814. The monoisotopic (exact) mass is 251 g/mol. The average Bonchev–Trinajstić information content (AvgIpc) is 2.68. The van der Waals surface area contributed by atoms with Crippen molar-refractivity contribution >= 4 is 23.0 Å². The Morgan fingerprint density at radius 2 is 2.11 bits per heavy atom. The predicted molar refractivity (Wildman–Crippen MR) is 69.4 cm³/mol. The molecule has 98 valence electrons. The van der Waals surface area contributed by atoms with Crippen molar-refractivity contribution in [1.29, 1.82) is 0 Å². The molecule has 1 amide bonds. The molecule has 2 rings (SSSR count). The maximum atomic E-state index is 11.3. The molecular weight excluding hydrogens is 234 g/mol. The Kier molecular flexibility index (Phi) is 3.14. The summed E-state index contributed by atoms with van der Waals surface area (Å²) < 4.78 is 0. The molecule has 18 heavy (non-hydrogen) atoms. The lowest BCUT2D eigenvalue weighted by atomic mass is 10.0. The zero-order valence-electron chi connectivity index (χ0n) is 10.2. The van der Waals surface area contributed by atoms with Crippen LogP contribution in [0.4, 0.5) is 17.1 Å². The Hall–Kier alpha value is -1.79. The number of fused-ring (bicyclic) bond motifs is 1. The van der Waals surface area contributed by atoms with Crippen LogP contribution >= 0.6 is 0 Å². The molecule has 1 aliphatic heterocycles. The second-order valence-electron chi connectivity index (χ2n) is 4.82. The molecule has 0 atom stereocenters. The zero-order chi connectivity index (χ0) is 13.3. The van der Waals surface area contributed by atoms with E-state index in [9.17, 15) is 15.0 Å². The molecule has 1 aliphatic rings.